The second kappa shape index (κ2) is 24.8. The Bertz CT molecular complexity index is 1940. The third-order valence-electron chi connectivity index (χ3n) is 10.0. The lowest BCUT2D eigenvalue weighted by Crippen LogP contribution is -2.29. The zero-order valence-corrected chi connectivity index (χ0v) is 37.2. The van der Waals surface area contributed by atoms with Crippen LogP contribution < -0.4 is 21.5 Å². The average Bonchev–Trinajstić information content (AvgIpc) is 3.47. The van der Waals surface area contributed by atoms with Crippen molar-refractivity contribution in [1.82, 2.24) is 15.1 Å². The first-order valence-corrected chi connectivity index (χ1v) is 22.8. The van der Waals surface area contributed by atoms with Crippen molar-refractivity contribution < 1.29 is 9.59 Å². The number of aromatic nitrogens is 2. The molecule has 0 radical (unpaired) electrons. The molecule has 1 aromatic heterocycles. The highest BCUT2D eigenvalue weighted by Crippen LogP contribution is 2.38. The fraction of sp³-hybridized carbons (Fsp3) is 0.477. The number of halogens is 4. The molecule has 13 heteroatoms. The second-order valence-corrected chi connectivity index (χ2v) is 17.3. The molecule has 0 aliphatic heterocycles. The summed E-state index contributed by atoms with van der Waals surface area (Å²) in [4.78, 5) is 41.6. The highest BCUT2D eigenvalue weighted by Gasteiger charge is 2.24. The van der Waals surface area contributed by atoms with Crippen LogP contribution in [0.1, 0.15) is 134 Å². The third-order valence-corrected chi connectivity index (χ3v) is 12.3. The normalized spacial score (nSPS) is 11.8. The summed E-state index contributed by atoms with van der Waals surface area (Å²) < 4.78 is 1.24. The van der Waals surface area contributed by atoms with Crippen LogP contribution in [0.4, 0.5) is 17.2 Å². The molecule has 1 atom stereocenters. The van der Waals surface area contributed by atoms with Crippen molar-refractivity contribution in [2.75, 3.05) is 17.2 Å². The summed E-state index contributed by atoms with van der Waals surface area (Å²) in [6, 6.07) is 15.3. The summed E-state index contributed by atoms with van der Waals surface area (Å²) in [5.41, 5.74) is 1.18. The van der Waals surface area contributed by atoms with Crippen LogP contribution in [0.25, 0.3) is 5.69 Å². The number of amides is 2. The molecule has 0 aliphatic rings. The van der Waals surface area contributed by atoms with Gasteiger partial charge in [0.1, 0.15) is 16.4 Å². The molecule has 1 heterocycles. The molecule has 0 bridgehead atoms. The number of nitrogens with zero attached hydrogens (tertiary/aromatic N) is 1. The van der Waals surface area contributed by atoms with E-state index in [4.69, 9.17) is 46.4 Å². The molecule has 0 fully saturated rings. The number of carbonyl (C=O) groups excluding carboxylic acids is 2. The van der Waals surface area contributed by atoms with Gasteiger partial charge >= 0.3 is 0 Å². The Labute approximate surface area is 362 Å². The van der Waals surface area contributed by atoms with Crippen LogP contribution in [0, 0.1) is 5.92 Å². The molecule has 8 nitrogen and oxygen atoms in total. The van der Waals surface area contributed by atoms with Crippen molar-refractivity contribution in [3.63, 3.8) is 0 Å². The van der Waals surface area contributed by atoms with Crippen LogP contribution in [0.15, 0.2) is 69.2 Å². The van der Waals surface area contributed by atoms with Crippen LogP contribution in [-0.4, -0.2) is 28.1 Å². The van der Waals surface area contributed by atoms with Crippen LogP contribution in [0.2, 0.25) is 20.1 Å². The lowest BCUT2D eigenvalue weighted by Gasteiger charge is -2.16. The maximum absolute atomic E-state index is 14.3. The van der Waals surface area contributed by atoms with Gasteiger partial charge in [0.15, 0.2) is 0 Å². The number of hydrogen-bond acceptors (Lipinski definition) is 5. The smallest absolute Gasteiger partial charge is 0.287 e. The monoisotopic (exact) mass is 875 g/mol. The Hall–Kier alpha value is -3.08. The molecule has 0 spiro atoms. The van der Waals surface area contributed by atoms with Crippen molar-refractivity contribution in [1.29, 1.82) is 0 Å². The summed E-state index contributed by atoms with van der Waals surface area (Å²) in [5.74, 6) is 0.360. The highest BCUT2D eigenvalue weighted by molar-refractivity contribution is 7.99. The van der Waals surface area contributed by atoms with E-state index in [0.717, 1.165) is 56.7 Å². The van der Waals surface area contributed by atoms with Gasteiger partial charge in [0.2, 0.25) is 5.91 Å². The van der Waals surface area contributed by atoms with E-state index < -0.39 is 5.56 Å². The number of H-pyrrole nitrogens is 1. The van der Waals surface area contributed by atoms with E-state index in [1.54, 1.807) is 36.4 Å². The zero-order valence-electron chi connectivity index (χ0n) is 33.4. The molecule has 2 amide bonds. The van der Waals surface area contributed by atoms with E-state index in [1.165, 1.54) is 68.2 Å². The summed E-state index contributed by atoms with van der Waals surface area (Å²) >= 11 is 27.2. The number of hydrogen-bond donors (Lipinski definition) is 4. The van der Waals surface area contributed by atoms with Crippen LogP contribution in [0.3, 0.4) is 0 Å². The standard InChI is InChI=1S/C44H57Cl4N5O3S/c1-4-7-9-10-11-12-13-14-15-16-17-23-39(54)50-32-24-25-34(46)37(28-32)51-42-41(44(56)53(52-42)40-35(47)26-31(45)27-36(40)48)57-38-22-19-18-21-33(38)43(55)49-29-30(6-3)20-8-5-2/h18-19,21-22,24-28,30,51-52H,4-17,20,23,29H2,1-3H3,(H,49,55)(H,50,54). The predicted octanol–water partition coefficient (Wildman–Crippen LogP) is 14.3. The van der Waals surface area contributed by atoms with E-state index in [0.29, 0.717) is 50.8 Å². The molecule has 3 aromatic carbocycles. The predicted molar refractivity (Wildman–Crippen MR) is 242 cm³/mol. The zero-order chi connectivity index (χ0) is 41.2. The maximum atomic E-state index is 14.3. The summed E-state index contributed by atoms with van der Waals surface area (Å²) in [5, 5.41) is 13.5. The molecule has 0 saturated heterocycles. The lowest BCUT2D eigenvalue weighted by atomic mass is 9.99. The quantitative estimate of drug-likeness (QED) is 0.0496. The molecule has 4 aromatic rings. The van der Waals surface area contributed by atoms with Gasteiger partial charge in [0.05, 0.1) is 26.3 Å². The Morgan fingerprint density at radius 1 is 0.772 bits per heavy atom. The van der Waals surface area contributed by atoms with Crippen LogP contribution in [-0.2, 0) is 4.79 Å². The van der Waals surface area contributed by atoms with Crippen molar-refractivity contribution in [2.24, 2.45) is 5.92 Å². The number of unbranched alkanes of at least 4 members (excludes halogenated alkanes) is 11. The van der Waals surface area contributed by atoms with Crippen molar-refractivity contribution in [3.8, 4) is 5.69 Å². The maximum Gasteiger partial charge on any atom is 0.287 e. The number of nitrogens with one attached hydrogen (secondary N) is 4. The molecule has 4 rings (SSSR count). The van der Waals surface area contributed by atoms with Crippen LogP contribution in [0.5, 0.6) is 0 Å². The van der Waals surface area contributed by atoms with E-state index in [1.807, 2.05) is 6.07 Å². The first-order valence-electron chi connectivity index (χ1n) is 20.5. The lowest BCUT2D eigenvalue weighted by molar-refractivity contribution is -0.116. The summed E-state index contributed by atoms with van der Waals surface area (Å²) in [7, 11) is 0. The number of aromatic amines is 1. The average molecular weight is 878 g/mol. The minimum Gasteiger partial charge on any atom is -0.352 e. The van der Waals surface area contributed by atoms with Gasteiger partial charge in [-0.05, 0) is 61.2 Å². The molecule has 0 saturated carbocycles. The van der Waals surface area contributed by atoms with Gasteiger partial charge in [-0.3, -0.25) is 19.5 Å². The largest absolute Gasteiger partial charge is 0.352 e. The Balaban J connectivity index is 1.52. The third kappa shape index (κ3) is 14.6. The van der Waals surface area contributed by atoms with Crippen LogP contribution >= 0.6 is 58.2 Å². The molecule has 310 valence electrons. The van der Waals surface area contributed by atoms with E-state index in [-0.39, 0.29) is 38.3 Å². The SMILES string of the molecule is CCCCCCCCCCCCCC(=O)Nc1ccc(Cl)c(Nc2[nH]n(-c3c(Cl)cc(Cl)cc3Cl)c(=O)c2Sc2ccccc2C(=O)NCC(CC)CCCC)c1. The summed E-state index contributed by atoms with van der Waals surface area (Å²) in [6.07, 6.45) is 18.0. The molecule has 0 aliphatic carbocycles. The topological polar surface area (TPSA) is 108 Å². The minimum absolute atomic E-state index is 0.0764. The second-order valence-electron chi connectivity index (χ2n) is 14.6. The Morgan fingerprint density at radius 2 is 1.40 bits per heavy atom. The van der Waals surface area contributed by atoms with Gasteiger partial charge in [-0.1, -0.05) is 175 Å². The van der Waals surface area contributed by atoms with Gasteiger partial charge in [-0.25, -0.2) is 4.68 Å². The van der Waals surface area contributed by atoms with E-state index >= 15 is 0 Å². The van der Waals surface area contributed by atoms with E-state index in [9.17, 15) is 14.4 Å². The van der Waals surface area contributed by atoms with Gasteiger partial charge in [0, 0.05) is 28.6 Å². The van der Waals surface area contributed by atoms with Gasteiger partial charge in [0.25, 0.3) is 11.5 Å². The highest BCUT2D eigenvalue weighted by atomic mass is 35.5. The number of anilines is 3. The van der Waals surface area contributed by atoms with E-state index in [2.05, 4.69) is 41.8 Å². The number of benzene rings is 3. The van der Waals surface area contributed by atoms with Crippen molar-refractivity contribution in [3.05, 3.63) is 90.6 Å². The fourth-order valence-electron chi connectivity index (χ4n) is 6.64. The Morgan fingerprint density at radius 3 is 2.05 bits per heavy atom. The van der Waals surface area contributed by atoms with Gasteiger partial charge < -0.3 is 16.0 Å². The van der Waals surface area contributed by atoms with Crippen molar-refractivity contribution in [2.45, 2.75) is 133 Å². The Kier molecular flexibility index (Phi) is 20.2. The fourth-order valence-corrected chi connectivity index (χ4v) is 8.81. The molecule has 4 N–H and O–H groups in total. The van der Waals surface area contributed by atoms with Crippen molar-refractivity contribution >= 4 is 87.2 Å². The summed E-state index contributed by atoms with van der Waals surface area (Å²) in [6.45, 7) is 7.10. The minimum atomic E-state index is -0.470. The number of rotatable bonds is 25. The molecule has 57 heavy (non-hydrogen) atoms. The first-order chi connectivity index (χ1) is 27.6. The number of carbonyl (C=O) groups is 2. The molecular formula is C44H57Cl4N5O3S. The van der Waals surface area contributed by atoms with Gasteiger partial charge in [-0.15, -0.1) is 0 Å². The molecular weight excluding hydrogens is 820 g/mol. The molecule has 1 unspecified atom stereocenters. The first kappa shape index (κ1) is 46.6. The van der Waals surface area contributed by atoms with Gasteiger partial charge in [-0.2, -0.15) is 0 Å².